The first kappa shape index (κ1) is 11.6. The summed E-state index contributed by atoms with van der Waals surface area (Å²) in [4.78, 5) is 10.7. The molecular weight excluding hydrogens is 190 g/mol. The third-order valence-electron chi connectivity index (χ3n) is 2.65. The van der Waals surface area contributed by atoms with E-state index in [1.165, 1.54) is 0 Å². The normalized spacial score (nSPS) is 14.3. The van der Waals surface area contributed by atoms with Crippen molar-refractivity contribution in [3.05, 3.63) is 30.3 Å². The molecule has 0 bridgehead atoms. The highest BCUT2D eigenvalue weighted by molar-refractivity contribution is 5.69. The molecule has 0 aliphatic rings. The molecule has 3 nitrogen and oxygen atoms in total. The molecule has 0 amide bonds. The van der Waals surface area contributed by atoms with Gasteiger partial charge in [0, 0.05) is 12.2 Å². The van der Waals surface area contributed by atoms with Gasteiger partial charge >= 0.3 is 5.97 Å². The van der Waals surface area contributed by atoms with Crippen LogP contribution in [0.1, 0.15) is 13.8 Å². The highest BCUT2D eigenvalue weighted by atomic mass is 16.4. The lowest BCUT2D eigenvalue weighted by atomic mass is 9.96. The second-order valence-electron chi connectivity index (χ2n) is 3.85. The van der Waals surface area contributed by atoms with E-state index in [0.29, 0.717) is 6.54 Å². The van der Waals surface area contributed by atoms with Gasteiger partial charge in [-0.1, -0.05) is 32.0 Å². The monoisotopic (exact) mass is 207 g/mol. The molecule has 0 fully saturated rings. The quantitative estimate of drug-likeness (QED) is 0.779. The fraction of sp³-hybridized carbons (Fsp3) is 0.417. The third-order valence-corrected chi connectivity index (χ3v) is 2.65. The summed E-state index contributed by atoms with van der Waals surface area (Å²) in [5.41, 5.74) is 1.03. The average molecular weight is 207 g/mol. The Hall–Kier alpha value is -1.51. The number of anilines is 1. The smallest absolute Gasteiger partial charge is 0.306 e. The largest absolute Gasteiger partial charge is 0.481 e. The second kappa shape index (κ2) is 5.39. The highest BCUT2D eigenvalue weighted by Crippen LogP contribution is 2.13. The first-order chi connectivity index (χ1) is 7.11. The Labute approximate surface area is 90.1 Å². The highest BCUT2D eigenvalue weighted by Gasteiger charge is 2.18. The summed E-state index contributed by atoms with van der Waals surface area (Å²) in [6.07, 6.45) is 0. The molecule has 0 radical (unpaired) electrons. The topological polar surface area (TPSA) is 49.3 Å². The van der Waals surface area contributed by atoms with Gasteiger partial charge in [0.1, 0.15) is 0 Å². The standard InChI is InChI=1S/C12H17NO2/c1-9(10(2)12(14)15)8-13-11-6-4-3-5-7-11/h3-7,9-10,13H,8H2,1-2H3,(H,14,15). The predicted molar refractivity (Wildman–Crippen MR) is 60.9 cm³/mol. The molecule has 82 valence electrons. The SMILES string of the molecule is CC(CNc1ccccc1)C(C)C(=O)O. The van der Waals surface area contributed by atoms with Crippen molar-refractivity contribution in [2.45, 2.75) is 13.8 Å². The number of carboxylic acids is 1. The molecular formula is C12H17NO2. The number of aliphatic carboxylic acids is 1. The maximum atomic E-state index is 10.7. The number of carboxylic acid groups (broad SMARTS) is 1. The van der Waals surface area contributed by atoms with E-state index >= 15 is 0 Å². The van der Waals surface area contributed by atoms with Crippen LogP contribution in [0.15, 0.2) is 30.3 Å². The Balaban J connectivity index is 2.41. The van der Waals surface area contributed by atoms with Crippen molar-refractivity contribution in [2.75, 3.05) is 11.9 Å². The molecule has 0 saturated heterocycles. The van der Waals surface area contributed by atoms with Crippen molar-refractivity contribution < 1.29 is 9.90 Å². The van der Waals surface area contributed by atoms with Crippen LogP contribution in [-0.2, 0) is 4.79 Å². The van der Waals surface area contributed by atoms with Crippen LogP contribution in [0.25, 0.3) is 0 Å². The maximum absolute atomic E-state index is 10.7. The number of hydrogen-bond acceptors (Lipinski definition) is 2. The number of carbonyl (C=O) groups is 1. The van der Waals surface area contributed by atoms with E-state index in [2.05, 4.69) is 5.32 Å². The van der Waals surface area contributed by atoms with Crippen LogP contribution >= 0.6 is 0 Å². The van der Waals surface area contributed by atoms with E-state index in [1.54, 1.807) is 6.92 Å². The zero-order chi connectivity index (χ0) is 11.3. The maximum Gasteiger partial charge on any atom is 0.306 e. The molecule has 2 atom stereocenters. The Kier molecular flexibility index (Phi) is 4.16. The number of nitrogens with one attached hydrogen (secondary N) is 1. The van der Waals surface area contributed by atoms with Crippen LogP contribution < -0.4 is 5.32 Å². The molecule has 0 heterocycles. The molecule has 1 rings (SSSR count). The zero-order valence-electron chi connectivity index (χ0n) is 9.10. The molecule has 0 aromatic heterocycles. The number of benzene rings is 1. The Bertz CT molecular complexity index is 311. The van der Waals surface area contributed by atoms with E-state index < -0.39 is 5.97 Å². The number of rotatable bonds is 5. The summed E-state index contributed by atoms with van der Waals surface area (Å²) in [5.74, 6) is -0.943. The van der Waals surface area contributed by atoms with Gasteiger partial charge in [-0.15, -0.1) is 0 Å². The summed E-state index contributed by atoms with van der Waals surface area (Å²) < 4.78 is 0. The van der Waals surface area contributed by atoms with Crippen molar-refractivity contribution in [1.82, 2.24) is 0 Å². The average Bonchev–Trinajstić information content (AvgIpc) is 2.26. The molecule has 0 saturated carbocycles. The van der Waals surface area contributed by atoms with Crippen molar-refractivity contribution >= 4 is 11.7 Å². The van der Waals surface area contributed by atoms with Crippen molar-refractivity contribution in [2.24, 2.45) is 11.8 Å². The van der Waals surface area contributed by atoms with Gasteiger partial charge in [0.25, 0.3) is 0 Å². The zero-order valence-corrected chi connectivity index (χ0v) is 9.10. The van der Waals surface area contributed by atoms with Gasteiger partial charge in [0.15, 0.2) is 0 Å². The van der Waals surface area contributed by atoms with Gasteiger partial charge in [-0.2, -0.15) is 0 Å². The summed E-state index contributed by atoms with van der Waals surface area (Å²) in [6, 6.07) is 9.80. The lowest BCUT2D eigenvalue weighted by Crippen LogP contribution is -2.24. The number of para-hydroxylation sites is 1. The van der Waals surface area contributed by atoms with Crippen LogP contribution in [0.2, 0.25) is 0 Å². The minimum atomic E-state index is -0.739. The molecule has 2 unspecified atom stereocenters. The van der Waals surface area contributed by atoms with Crippen LogP contribution in [0.4, 0.5) is 5.69 Å². The molecule has 0 aliphatic heterocycles. The Morgan fingerprint density at radius 3 is 2.47 bits per heavy atom. The summed E-state index contributed by atoms with van der Waals surface area (Å²) in [5, 5.41) is 12.0. The van der Waals surface area contributed by atoms with Gasteiger partial charge in [-0.05, 0) is 18.1 Å². The van der Waals surface area contributed by atoms with Gasteiger partial charge in [-0.25, -0.2) is 0 Å². The summed E-state index contributed by atoms with van der Waals surface area (Å²) in [6.45, 7) is 4.35. The van der Waals surface area contributed by atoms with E-state index in [0.717, 1.165) is 5.69 Å². The molecule has 1 aromatic rings. The molecule has 15 heavy (non-hydrogen) atoms. The van der Waals surface area contributed by atoms with Crippen LogP contribution in [0.3, 0.4) is 0 Å². The lowest BCUT2D eigenvalue weighted by Gasteiger charge is -2.17. The Morgan fingerprint density at radius 2 is 1.93 bits per heavy atom. The van der Waals surface area contributed by atoms with Crippen molar-refractivity contribution in [3.63, 3.8) is 0 Å². The minimum absolute atomic E-state index is 0.114. The van der Waals surface area contributed by atoms with Crippen LogP contribution in [0.5, 0.6) is 0 Å². The van der Waals surface area contributed by atoms with E-state index in [4.69, 9.17) is 5.11 Å². The van der Waals surface area contributed by atoms with E-state index in [1.807, 2.05) is 37.3 Å². The molecule has 0 aliphatic carbocycles. The first-order valence-corrected chi connectivity index (χ1v) is 5.13. The van der Waals surface area contributed by atoms with Crippen LogP contribution in [0, 0.1) is 11.8 Å². The second-order valence-corrected chi connectivity index (χ2v) is 3.85. The first-order valence-electron chi connectivity index (χ1n) is 5.13. The van der Waals surface area contributed by atoms with Gasteiger partial charge in [-0.3, -0.25) is 4.79 Å². The van der Waals surface area contributed by atoms with E-state index in [-0.39, 0.29) is 11.8 Å². The third kappa shape index (κ3) is 3.62. The summed E-state index contributed by atoms with van der Waals surface area (Å²) in [7, 11) is 0. The molecule has 0 spiro atoms. The van der Waals surface area contributed by atoms with Gasteiger partial charge in [0.05, 0.1) is 5.92 Å². The molecule has 3 heteroatoms. The fourth-order valence-corrected chi connectivity index (χ4v) is 1.26. The Morgan fingerprint density at radius 1 is 1.33 bits per heavy atom. The molecule has 1 aromatic carbocycles. The van der Waals surface area contributed by atoms with Crippen LogP contribution in [-0.4, -0.2) is 17.6 Å². The van der Waals surface area contributed by atoms with Crippen molar-refractivity contribution in [1.29, 1.82) is 0 Å². The summed E-state index contributed by atoms with van der Waals surface area (Å²) >= 11 is 0. The van der Waals surface area contributed by atoms with Crippen molar-refractivity contribution in [3.8, 4) is 0 Å². The fourth-order valence-electron chi connectivity index (χ4n) is 1.26. The predicted octanol–water partition coefficient (Wildman–Crippen LogP) is 2.46. The molecule has 2 N–H and O–H groups in total. The van der Waals surface area contributed by atoms with E-state index in [9.17, 15) is 4.79 Å². The van der Waals surface area contributed by atoms with Gasteiger partial charge < -0.3 is 10.4 Å². The minimum Gasteiger partial charge on any atom is -0.481 e. The lowest BCUT2D eigenvalue weighted by molar-refractivity contribution is -0.142. The number of hydrogen-bond donors (Lipinski definition) is 2. The van der Waals surface area contributed by atoms with Gasteiger partial charge in [0.2, 0.25) is 0 Å².